The fraction of sp³-hybridized carbons (Fsp3) is 0.684. The molecule has 1 aromatic heterocycles. The molecule has 0 amide bonds. The number of nitrogens with one attached hydrogen (secondary N) is 1. The van der Waals surface area contributed by atoms with Crippen LogP contribution >= 0.6 is 0 Å². The molecule has 0 bridgehead atoms. The Morgan fingerprint density at radius 2 is 2.36 bits per heavy atom. The number of rotatable bonds is 6. The van der Waals surface area contributed by atoms with E-state index in [0.717, 1.165) is 56.8 Å². The van der Waals surface area contributed by atoms with E-state index >= 15 is 0 Å². The van der Waals surface area contributed by atoms with Gasteiger partial charge in [0.15, 0.2) is 0 Å². The maximum absolute atomic E-state index is 11.9. The summed E-state index contributed by atoms with van der Waals surface area (Å²) >= 11 is 0. The summed E-state index contributed by atoms with van der Waals surface area (Å²) in [6, 6.07) is 0. The van der Waals surface area contributed by atoms with Gasteiger partial charge in [0.05, 0.1) is 18.7 Å². The molecule has 0 aliphatic carbocycles. The van der Waals surface area contributed by atoms with Gasteiger partial charge < -0.3 is 14.8 Å². The van der Waals surface area contributed by atoms with Gasteiger partial charge in [0.25, 0.3) is 0 Å². The summed E-state index contributed by atoms with van der Waals surface area (Å²) in [6.45, 7) is 6.97. The smallest absolute Gasteiger partial charge is 0.306 e. The van der Waals surface area contributed by atoms with Crippen LogP contribution in [0.15, 0.2) is 6.08 Å². The van der Waals surface area contributed by atoms with Gasteiger partial charge in [0, 0.05) is 30.8 Å². The van der Waals surface area contributed by atoms with Crippen LogP contribution in [0.25, 0.3) is 5.57 Å². The second-order valence-electron chi connectivity index (χ2n) is 6.66. The minimum Gasteiger partial charge on any atom is -0.466 e. The molecule has 0 saturated carbocycles. The highest BCUT2D eigenvalue weighted by Crippen LogP contribution is 2.32. The lowest BCUT2D eigenvalue weighted by atomic mass is 9.96. The lowest BCUT2D eigenvalue weighted by Gasteiger charge is -2.25. The number of ether oxygens (including phenoxy) is 2. The van der Waals surface area contributed by atoms with E-state index in [0.29, 0.717) is 19.4 Å². The number of carbonyl (C=O) groups excluding carboxylic acids is 1. The SMILES string of the molecule is CCOC(=O)CCc1c(C2=CCNCC2)c(C)nn1C1CCCCO1. The van der Waals surface area contributed by atoms with E-state index in [4.69, 9.17) is 14.6 Å². The standard InChI is InChI=1S/C19H29N3O3/c1-3-24-18(23)8-7-16-19(15-9-11-20-12-10-15)14(2)21-22(16)17-6-4-5-13-25-17/h9,17,20H,3-8,10-13H2,1-2H3. The zero-order valence-corrected chi connectivity index (χ0v) is 15.3. The Balaban J connectivity index is 1.90. The molecule has 1 unspecified atom stereocenters. The highest BCUT2D eigenvalue weighted by Gasteiger charge is 2.26. The molecule has 2 aliphatic rings. The molecule has 25 heavy (non-hydrogen) atoms. The van der Waals surface area contributed by atoms with Gasteiger partial charge in [-0.25, -0.2) is 4.68 Å². The van der Waals surface area contributed by atoms with Crippen molar-refractivity contribution in [2.24, 2.45) is 0 Å². The number of esters is 1. The van der Waals surface area contributed by atoms with E-state index in [2.05, 4.69) is 18.3 Å². The Bertz CT molecular complexity index is 630. The first-order valence-corrected chi connectivity index (χ1v) is 9.46. The van der Waals surface area contributed by atoms with Crippen molar-refractivity contribution < 1.29 is 14.3 Å². The Kier molecular flexibility index (Phi) is 6.26. The van der Waals surface area contributed by atoms with Crippen molar-refractivity contribution in [3.8, 4) is 0 Å². The molecule has 1 aromatic rings. The van der Waals surface area contributed by atoms with Crippen LogP contribution in [-0.4, -0.2) is 42.1 Å². The molecule has 0 radical (unpaired) electrons. The van der Waals surface area contributed by atoms with Crippen LogP contribution < -0.4 is 5.32 Å². The molecule has 6 heteroatoms. The summed E-state index contributed by atoms with van der Waals surface area (Å²) in [5.74, 6) is -0.150. The fourth-order valence-electron chi connectivity index (χ4n) is 3.71. The minimum atomic E-state index is -0.150. The average Bonchev–Trinajstić information content (AvgIpc) is 2.98. The van der Waals surface area contributed by atoms with Gasteiger partial charge in [-0.2, -0.15) is 5.10 Å². The number of hydrogen-bond donors (Lipinski definition) is 1. The Morgan fingerprint density at radius 3 is 3.04 bits per heavy atom. The zero-order chi connectivity index (χ0) is 17.6. The number of aryl methyl sites for hydroxylation is 1. The van der Waals surface area contributed by atoms with E-state index in [1.165, 1.54) is 11.1 Å². The largest absolute Gasteiger partial charge is 0.466 e. The van der Waals surface area contributed by atoms with Gasteiger partial charge in [-0.1, -0.05) is 6.08 Å². The summed E-state index contributed by atoms with van der Waals surface area (Å²) in [5, 5.41) is 8.17. The number of hydrogen-bond acceptors (Lipinski definition) is 5. The van der Waals surface area contributed by atoms with Crippen LogP contribution in [0.2, 0.25) is 0 Å². The van der Waals surface area contributed by atoms with Crippen molar-refractivity contribution in [2.75, 3.05) is 26.3 Å². The van der Waals surface area contributed by atoms with Crippen molar-refractivity contribution in [2.45, 2.75) is 58.6 Å². The highest BCUT2D eigenvalue weighted by atomic mass is 16.5. The van der Waals surface area contributed by atoms with Crippen molar-refractivity contribution in [1.82, 2.24) is 15.1 Å². The molecule has 1 fully saturated rings. The van der Waals surface area contributed by atoms with E-state index in [9.17, 15) is 4.79 Å². The second-order valence-corrected chi connectivity index (χ2v) is 6.66. The highest BCUT2D eigenvalue weighted by molar-refractivity contribution is 5.72. The summed E-state index contributed by atoms with van der Waals surface area (Å²) in [5.41, 5.74) is 4.68. The summed E-state index contributed by atoms with van der Waals surface area (Å²) in [4.78, 5) is 11.9. The zero-order valence-electron chi connectivity index (χ0n) is 15.3. The van der Waals surface area contributed by atoms with Gasteiger partial charge in [-0.15, -0.1) is 0 Å². The topological polar surface area (TPSA) is 65.4 Å². The fourth-order valence-corrected chi connectivity index (χ4v) is 3.71. The minimum absolute atomic E-state index is 0.0132. The van der Waals surface area contributed by atoms with E-state index in [-0.39, 0.29) is 12.2 Å². The lowest BCUT2D eigenvalue weighted by molar-refractivity contribution is -0.143. The third kappa shape index (κ3) is 4.30. The van der Waals surface area contributed by atoms with Crippen LogP contribution in [0.4, 0.5) is 0 Å². The lowest BCUT2D eigenvalue weighted by Crippen LogP contribution is -2.23. The first-order chi connectivity index (χ1) is 12.2. The van der Waals surface area contributed by atoms with Crippen LogP contribution in [0.1, 0.15) is 62.2 Å². The Morgan fingerprint density at radius 1 is 1.48 bits per heavy atom. The predicted molar refractivity (Wildman–Crippen MR) is 96.2 cm³/mol. The molecule has 1 saturated heterocycles. The predicted octanol–water partition coefficient (Wildman–Crippen LogP) is 2.76. The summed E-state index contributed by atoms with van der Waals surface area (Å²) < 4.78 is 13.1. The third-order valence-electron chi connectivity index (χ3n) is 4.87. The molecule has 0 aromatic carbocycles. The maximum Gasteiger partial charge on any atom is 0.306 e. The van der Waals surface area contributed by atoms with Gasteiger partial charge in [0.2, 0.25) is 0 Å². The molecule has 3 rings (SSSR count). The van der Waals surface area contributed by atoms with Crippen LogP contribution in [0, 0.1) is 6.92 Å². The van der Waals surface area contributed by atoms with Crippen LogP contribution in [0.5, 0.6) is 0 Å². The number of aromatic nitrogens is 2. The molecule has 3 heterocycles. The molecule has 1 N–H and O–H groups in total. The van der Waals surface area contributed by atoms with Crippen molar-refractivity contribution in [3.63, 3.8) is 0 Å². The molecular formula is C19H29N3O3. The average molecular weight is 347 g/mol. The van der Waals surface area contributed by atoms with E-state index in [1.807, 2.05) is 11.6 Å². The van der Waals surface area contributed by atoms with Crippen molar-refractivity contribution in [1.29, 1.82) is 0 Å². The normalized spacial score (nSPS) is 21.0. The maximum atomic E-state index is 11.9. The van der Waals surface area contributed by atoms with Crippen molar-refractivity contribution in [3.05, 3.63) is 23.0 Å². The summed E-state index contributed by atoms with van der Waals surface area (Å²) in [7, 11) is 0. The van der Waals surface area contributed by atoms with E-state index in [1.54, 1.807) is 0 Å². The first kappa shape index (κ1) is 18.1. The Labute approximate surface area is 149 Å². The molecule has 1 atom stereocenters. The number of nitrogens with zero attached hydrogens (tertiary/aromatic N) is 2. The Hall–Kier alpha value is -1.66. The quantitative estimate of drug-likeness (QED) is 0.802. The molecule has 0 spiro atoms. The van der Waals surface area contributed by atoms with Crippen LogP contribution in [-0.2, 0) is 20.7 Å². The number of carbonyl (C=O) groups is 1. The van der Waals surface area contributed by atoms with Gasteiger partial charge >= 0.3 is 5.97 Å². The van der Waals surface area contributed by atoms with Crippen LogP contribution in [0.3, 0.4) is 0 Å². The molecule has 2 aliphatic heterocycles. The second kappa shape index (κ2) is 8.63. The monoisotopic (exact) mass is 347 g/mol. The molecule has 138 valence electrons. The van der Waals surface area contributed by atoms with Crippen molar-refractivity contribution >= 4 is 11.5 Å². The van der Waals surface area contributed by atoms with E-state index < -0.39 is 0 Å². The third-order valence-corrected chi connectivity index (χ3v) is 4.87. The molecular weight excluding hydrogens is 318 g/mol. The first-order valence-electron chi connectivity index (χ1n) is 9.46. The van der Waals surface area contributed by atoms with Gasteiger partial charge in [-0.3, -0.25) is 4.79 Å². The van der Waals surface area contributed by atoms with Gasteiger partial charge in [-0.05, 0) is 51.6 Å². The van der Waals surface area contributed by atoms with Gasteiger partial charge in [0.1, 0.15) is 6.23 Å². The summed E-state index contributed by atoms with van der Waals surface area (Å²) in [6.07, 6.45) is 7.48. The molecule has 6 nitrogen and oxygen atoms in total.